The summed E-state index contributed by atoms with van der Waals surface area (Å²) in [5.41, 5.74) is 6.56. The molecule has 1 aromatic heterocycles. The van der Waals surface area contributed by atoms with Crippen molar-refractivity contribution in [3.05, 3.63) is 47.8 Å². The van der Waals surface area contributed by atoms with E-state index in [4.69, 9.17) is 10.5 Å². The Morgan fingerprint density at radius 1 is 1.44 bits per heavy atom. The van der Waals surface area contributed by atoms with Gasteiger partial charge in [-0.3, -0.25) is 9.48 Å². The van der Waals surface area contributed by atoms with Crippen LogP contribution in [0.3, 0.4) is 0 Å². The van der Waals surface area contributed by atoms with Crippen molar-refractivity contribution in [2.24, 2.45) is 5.73 Å². The van der Waals surface area contributed by atoms with E-state index in [9.17, 15) is 4.79 Å². The highest BCUT2D eigenvalue weighted by molar-refractivity contribution is 5.94. The van der Waals surface area contributed by atoms with Gasteiger partial charge in [0.05, 0.1) is 12.4 Å². The van der Waals surface area contributed by atoms with Gasteiger partial charge in [-0.25, -0.2) is 0 Å². The minimum atomic E-state index is -0.446. The fraction of sp³-hybridized carbons (Fsp3) is 0.231. The Morgan fingerprint density at radius 3 is 2.89 bits per heavy atom. The van der Waals surface area contributed by atoms with Crippen LogP contribution in [0.1, 0.15) is 22.8 Å². The zero-order valence-electron chi connectivity index (χ0n) is 10.2. The summed E-state index contributed by atoms with van der Waals surface area (Å²) in [4.78, 5) is 11.2. The van der Waals surface area contributed by atoms with Crippen LogP contribution in [0.4, 0.5) is 0 Å². The molecule has 1 heterocycles. The van der Waals surface area contributed by atoms with Crippen molar-refractivity contribution in [1.29, 1.82) is 0 Å². The second-order valence-corrected chi connectivity index (χ2v) is 3.84. The first-order valence-electron chi connectivity index (χ1n) is 5.73. The highest BCUT2D eigenvalue weighted by atomic mass is 16.5. The number of aromatic nitrogens is 2. The van der Waals surface area contributed by atoms with Crippen LogP contribution >= 0.6 is 0 Å². The van der Waals surface area contributed by atoms with Crippen molar-refractivity contribution in [3.63, 3.8) is 0 Å². The van der Waals surface area contributed by atoms with Gasteiger partial charge in [-0.05, 0) is 13.0 Å². The van der Waals surface area contributed by atoms with E-state index in [1.807, 2.05) is 25.3 Å². The number of primary amides is 1. The van der Waals surface area contributed by atoms with Gasteiger partial charge in [0.2, 0.25) is 5.91 Å². The maximum absolute atomic E-state index is 11.2. The number of carbonyl (C=O) groups is 1. The maximum atomic E-state index is 11.2. The van der Waals surface area contributed by atoms with Crippen LogP contribution in [-0.4, -0.2) is 15.7 Å². The van der Waals surface area contributed by atoms with Gasteiger partial charge >= 0.3 is 0 Å². The number of nitrogens with zero attached hydrogens (tertiary/aromatic N) is 2. The van der Waals surface area contributed by atoms with Gasteiger partial charge in [0.1, 0.15) is 6.61 Å². The van der Waals surface area contributed by atoms with Crippen molar-refractivity contribution in [3.8, 4) is 5.75 Å². The predicted octanol–water partition coefficient (Wildman–Crippen LogP) is 1.58. The van der Waals surface area contributed by atoms with E-state index in [2.05, 4.69) is 5.10 Å². The molecule has 0 saturated heterocycles. The van der Waals surface area contributed by atoms with Crippen molar-refractivity contribution in [1.82, 2.24) is 9.78 Å². The molecule has 0 atom stereocenters. The number of carbonyl (C=O) groups excluding carboxylic acids is 1. The SMILES string of the molecule is CCn1cc(OCc2ccccc2C(N)=O)cn1. The molecule has 0 bridgehead atoms. The minimum absolute atomic E-state index is 0.300. The Balaban J connectivity index is 2.08. The summed E-state index contributed by atoms with van der Waals surface area (Å²) in [5.74, 6) is 0.231. The first-order chi connectivity index (χ1) is 8.70. The minimum Gasteiger partial charge on any atom is -0.486 e. The summed E-state index contributed by atoms with van der Waals surface area (Å²) in [6.45, 7) is 3.09. The Morgan fingerprint density at radius 2 is 2.22 bits per heavy atom. The van der Waals surface area contributed by atoms with Crippen LogP contribution in [0.25, 0.3) is 0 Å². The van der Waals surface area contributed by atoms with Crippen molar-refractivity contribution in [2.45, 2.75) is 20.1 Å². The second-order valence-electron chi connectivity index (χ2n) is 3.84. The predicted molar refractivity (Wildman–Crippen MR) is 67.2 cm³/mol. The third kappa shape index (κ3) is 2.68. The second kappa shape index (κ2) is 5.35. The van der Waals surface area contributed by atoms with Gasteiger partial charge in [0, 0.05) is 17.7 Å². The molecule has 0 unspecified atom stereocenters. The molecule has 0 aliphatic carbocycles. The van der Waals surface area contributed by atoms with Crippen LogP contribution < -0.4 is 10.5 Å². The number of ether oxygens (including phenoxy) is 1. The van der Waals surface area contributed by atoms with Crippen molar-refractivity contribution >= 4 is 5.91 Å². The average Bonchev–Trinajstić information content (AvgIpc) is 2.84. The monoisotopic (exact) mass is 245 g/mol. The molecule has 0 aliphatic heterocycles. The van der Waals surface area contributed by atoms with Crippen LogP contribution in [0, 0.1) is 0 Å². The van der Waals surface area contributed by atoms with Crippen LogP contribution in [0.5, 0.6) is 5.75 Å². The molecule has 5 nitrogen and oxygen atoms in total. The molecule has 0 spiro atoms. The molecule has 0 aliphatic rings. The molecule has 0 saturated carbocycles. The summed E-state index contributed by atoms with van der Waals surface area (Å²) in [6.07, 6.45) is 3.46. The lowest BCUT2D eigenvalue weighted by molar-refractivity contribution is 0.0998. The topological polar surface area (TPSA) is 70.1 Å². The lowest BCUT2D eigenvalue weighted by Crippen LogP contribution is -2.14. The Bertz CT molecular complexity index is 549. The van der Waals surface area contributed by atoms with Crippen LogP contribution in [0.15, 0.2) is 36.7 Å². The Hall–Kier alpha value is -2.30. The summed E-state index contributed by atoms with van der Waals surface area (Å²) in [5, 5.41) is 4.10. The van der Waals surface area contributed by atoms with Gasteiger partial charge in [0.25, 0.3) is 0 Å². The summed E-state index contributed by atoms with van der Waals surface area (Å²) in [6, 6.07) is 7.14. The molecule has 2 aromatic rings. The third-order valence-electron chi connectivity index (χ3n) is 2.61. The lowest BCUT2D eigenvalue weighted by Gasteiger charge is -2.07. The normalized spacial score (nSPS) is 10.3. The first kappa shape index (κ1) is 12.2. The van der Waals surface area contributed by atoms with E-state index in [1.165, 1.54) is 0 Å². The van der Waals surface area contributed by atoms with E-state index in [0.717, 1.165) is 12.1 Å². The molecule has 2 N–H and O–H groups in total. The molecule has 94 valence electrons. The lowest BCUT2D eigenvalue weighted by atomic mass is 10.1. The Labute approximate surface area is 105 Å². The quantitative estimate of drug-likeness (QED) is 0.869. The Kier molecular flexibility index (Phi) is 3.62. The third-order valence-corrected chi connectivity index (χ3v) is 2.61. The van der Waals surface area contributed by atoms with Gasteiger partial charge in [0.15, 0.2) is 5.75 Å². The molecule has 1 aromatic carbocycles. The fourth-order valence-corrected chi connectivity index (χ4v) is 1.64. The molecule has 18 heavy (non-hydrogen) atoms. The number of hydrogen-bond donors (Lipinski definition) is 1. The highest BCUT2D eigenvalue weighted by Crippen LogP contribution is 2.14. The molecular weight excluding hydrogens is 230 g/mol. The van der Waals surface area contributed by atoms with E-state index in [-0.39, 0.29) is 0 Å². The standard InChI is InChI=1S/C13H15N3O2/c1-2-16-8-11(7-15-16)18-9-10-5-3-4-6-12(10)13(14)17/h3-8H,2,9H2,1H3,(H2,14,17). The van der Waals surface area contributed by atoms with Gasteiger partial charge in [-0.15, -0.1) is 0 Å². The van der Waals surface area contributed by atoms with Crippen LogP contribution in [-0.2, 0) is 13.2 Å². The van der Waals surface area contributed by atoms with E-state index >= 15 is 0 Å². The van der Waals surface area contributed by atoms with Gasteiger partial charge in [-0.1, -0.05) is 18.2 Å². The van der Waals surface area contributed by atoms with Crippen molar-refractivity contribution in [2.75, 3.05) is 0 Å². The summed E-state index contributed by atoms with van der Waals surface area (Å²) in [7, 11) is 0. The maximum Gasteiger partial charge on any atom is 0.249 e. The average molecular weight is 245 g/mol. The first-order valence-corrected chi connectivity index (χ1v) is 5.73. The number of nitrogens with two attached hydrogens (primary N) is 1. The number of rotatable bonds is 5. The molecular formula is C13H15N3O2. The van der Waals surface area contributed by atoms with Gasteiger partial charge < -0.3 is 10.5 Å². The smallest absolute Gasteiger partial charge is 0.249 e. The van der Waals surface area contributed by atoms with Crippen LogP contribution in [0.2, 0.25) is 0 Å². The molecule has 2 rings (SSSR count). The summed E-state index contributed by atoms with van der Waals surface area (Å²) < 4.78 is 7.35. The number of hydrogen-bond acceptors (Lipinski definition) is 3. The number of amides is 1. The zero-order chi connectivity index (χ0) is 13.0. The highest BCUT2D eigenvalue weighted by Gasteiger charge is 2.08. The van der Waals surface area contributed by atoms with Crippen molar-refractivity contribution < 1.29 is 9.53 Å². The molecule has 0 fully saturated rings. The zero-order valence-corrected chi connectivity index (χ0v) is 10.2. The summed E-state index contributed by atoms with van der Waals surface area (Å²) >= 11 is 0. The largest absolute Gasteiger partial charge is 0.486 e. The van der Waals surface area contributed by atoms with E-state index in [1.54, 1.807) is 23.0 Å². The van der Waals surface area contributed by atoms with Gasteiger partial charge in [-0.2, -0.15) is 5.10 Å². The number of aryl methyl sites for hydroxylation is 1. The number of benzene rings is 1. The molecule has 5 heteroatoms. The van der Waals surface area contributed by atoms with E-state index < -0.39 is 5.91 Å². The molecule has 1 amide bonds. The fourth-order valence-electron chi connectivity index (χ4n) is 1.64. The van der Waals surface area contributed by atoms with E-state index in [0.29, 0.717) is 17.9 Å². The molecule has 0 radical (unpaired) electrons.